The van der Waals surface area contributed by atoms with E-state index in [9.17, 15) is 0 Å². The Morgan fingerprint density at radius 2 is 1.92 bits per heavy atom. The van der Waals surface area contributed by atoms with Crippen molar-refractivity contribution in [1.82, 2.24) is 4.98 Å². The second-order valence-electron chi connectivity index (χ2n) is 4.90. The van der Waals surface area contributed by atoms with E-state index in [1.807, 2.05) is 42.6 Å². The SMILES string of the molecule is COc1ccccc1N(/N=C\c1c[nH]c2ccccc12)C(=N)N.I. The Morgan fingerprint density at radius 1 is 1.21 bits per heavy atom. The number of hydrogen-bond donors (Lipinski definition) is 3. The summed E-state index contributed by atoms with van der Waals surface area (Å²) < 4.78 is 5.31. The van der Waals surface area contributed by atoms with Crippen molar-refractivity contribution in [2.75, 3.05) is 12.1 Å². The normalized spacial score (nSPS) is 10.5. The number of aromatic amines is 1. The molecule has 2 aromatic carbocycles. The number of methoxy groups -OCH3 is 1. The highest BCUT2D eigenvalue weighted by Crippen LogP contribution is 2.27. The van der Waals surface area contributed by atoms with Gasteiger partial charge in [-0.15, -0.1) is 24.0 Å². The van der Waals surface area contributed by atoms with Crippen LogP contribution in [0.15, 0.2) is 59.8 Å². The highest BCUT2D eigenvalue weighted by atomic mass is 127. The smallest absolute Gasteiger partial charge is 0.214 e. The summed E-state index contributed by atoms with van der Waals surface area (Å²) in [6.07, 6.45) is 3.54. The van der Waals surface area contributed by atoms with Crippen LogP contribution in [0.2, 0.25) is 0 Å². The van der Waals surface area contributed by atoms with E-state index in [1.165, 1.54) is 5.01 Å². The first kappa shape index (κ1) is 17.8. The molecule has 124 valence electrons. The van der Waals surface area contributed by atoms with Gasteiger partial charge in [0.25, 0.3) is 0 Å². The molecule has 0 atom stereocenters. The quantitative estimate of drug-likeness (QED) is 0.254. The minimum Gasteiger partial charge on any atom is -0.494 e. The van der Waals surface area contributed by atoms with Crippen LogP contribution >= 0.6 is 24.0 Å². The standard InChI is InChI=1S/C17H17N5O.HI/c1-23-16-9-5-4-8-15(16)22(17(18)19)21-11-12-10-20-14-7-3-2-6-13(12)14;/h2-11,20H,1H3,(H3,18,19);1H/b21-11-;. The second-order valence-corrected chi connectivity index (χ2v) is 4.90. The molecule has 0 spiro atoms. The molecule has 3 rings (SSSR count). The van der Waals surface area contributed by atoms with Crippen molar-refractivity contribution >= 4 is 52.7 Å². The largest absolute Gasteiger partial charge is 0.494 e. The number of fused-ring (bicyclic) bond motifs is 1. The molecule has 4 N–H and O–H groups in total. The van der Waals surface area contributed by atoms with Gasteiger partial charge in [-0.2, -0.15) is 10.1 Å². The van der Waals surface area contributed by atoms with Gasteiger partial charge >= 0.3 is 0 Å². The van der Waals surface area contributed by atoms with Gasteiger partial charge < -0.3 is 15.5 Å². The summed E-state index contributed by atoms with van der Waals surface area (Å²) in [7, 11) is 1.57. The zero-order valence-electron chi connectivity index (χ0n) is 13.1. The number of guanidine groups is 1. The molecular weight excluding hydrogens is 417 g/mol. The molecule has 3 aromatic rings. The molecule has 0 radical (unpaired) electrons. The highest BCUT2D eigenvalue weighted by Gasteiger charge is 2.13. The molecule has 6 nitrogen and oxygen atoms in total. The molecule has 0 saturated heterocycles. The van der Waals surface area contributed by atoms with E-state index in [4.69, 9.17) is 15.9 Å². The lowest BCUT2D eigenvalue weighted by Crippen LogP contribution is -2.32. The Morgan fingerprint density at radius 3 is 2.67 bits per heavy atom. The molecule has 0 fully saturated rings. The minimum atomic E-state index is -0.189. The maximum absolute atomic E-state index is 7.78. The summed E-state index contributed by atoms with van der Waals surface area (Å²) in [5.41, 5.74) is 8.23. The van der Waals surface area contributed by atoms with Crippen LogP contribution in [0.1, 0.15) is 5.56 Å². The minimum absolute atomic E-state index is 0. The zero-order valence-corrected chi connectivity index (χ0v) is 15.4. The number of hydrogen-bond acceptors (Lipinski definition) is 3. The summed E-state index contributed by atoms with van der Waals surface area (Å²) in [5, 5.41) is 14.5. The third kappa shape index (κ3) is 3.51. The summed E-state index contributed by atoms with van der Waals surface area (Å²) in [6, 6.07) is 15.2. The number of anilines is 1. The molecule has 1 heterocycles. The first-order valence-electron chi connectivity index (χ1n) is 7.08. The second kappa shape index (κ2) is 7.82. The van der Waals surface area contributed by atoms with E-state index in [2.05, 4.69) is 10.1 Å². The number of nitrogens with two attached hydrogens (primary N) is 1. The van der Waals surface area contributed by atoms with Crippen molar-refractivity contribution in [3.05, 3.63) is 60.3 Å². The maximum Gasteiger partial charge on any atom is 0.214 e. The van der Waals surface area contributed by atoms with Gasteiger partial charge in [0.15, 0.2) is 0 Å². The van der Waals surface area contributed by atoms with Crippen LogP contribution < -0.4 is 15.5 Å². The molecular formula is C17H18IN5O. The van der Waals surface area contributed by atoms with Crippen LogP contribution in [0, 0.1) is 5.41 Å². The number of nitrogens with zero attached hydrogens (tertiary/aromatic N) is 2. The van der Waals surface area contributed by atoms with E-state index in [0.29, 0.717) is 11.4 Å². The van der Waals surface area contributed by atoms with Gasteiger partial charge in [0, 0.05) is 22.7 Å². The van der Waals surface area contributed by atoms with Crippen LogP contribution in [0.4, 0.5) is 5.69 Å². The molecule has 0 aliphatic rings. The monoisotopic (exact) mass is 435 g/mol. The summed E-state index contributed by atoms with van der Waals surface area (Å²) in [4.78, 5) is 3.18. The van der Waals surface area contributed by atoms with Crippen molar-refractivity contribution in [2.24, 2.45) is 10.8 Å². The fourth-order valence-electron chi connectivity index (χ4n) is 2.38. The van der Waals surface area contributed by atoms with E-state index < -0.39 is 0 Å². The number of H-pyrrole nitrogens is 1. The lowest BCUT2D eigenvalue weighted by molar-refractivity contribution is 0.415. The predicted molar refractivity (Wildman–Crippen MR) is 109 cm³/mol. The fraction of sp³-hybridized carbons (Fsp3) is 0.0588. The Hall–Kier alpha value is -2.55. The molecule has 0 aliphatic carbocycles. The number of nitrogens with one attached hydrogen (secondary N) is 2. The lowest BCUT2D eigenvalue weighted by Gasteiger charge is -2.18. The van der Waals surface area contributed by atoms with Crippen molar-refractivity contribution in [2.45, 2.75) is 0 Å². The third-order valence-corrected chi connectivity index (χ3v) is 3.48. The van der Waals surface area contributed by atoms with E-state index in [1.54, 1.807) is 25.5 Å². The van der Waals surface area contributed by atoms with Crippen LogP contribution in [-0.4, -0.2) is 24.3 Å². The van der Waals surface area contributed by atoms with Gasteiger partial charge in [-0.25, -0.2) is 0 Å². The Labute approximate surface area is 156 Å². The molecule has 1 aromatic heterocycles. The highest BCUT2D eigenvalue weighted by molar-refractivity contribution is 14.0. The van der Waals surface area contributed by atoms with Gasteiger partial charge in [0.05, 0.1) is 13.3 Å². The average Bonchev–Trinajstić information content (AvgIpc) is 2.98. The number of hydrazone groups is 1. The molecule has 0 amide bonds. The summed E-state index contributed by atoms with van der Waals surface area (Å²) >= 11 is 0. The number of benzene rings is 2. The van der Waals surface area contributed by atoms with E-state index >= 15 is 0 Å². The van der Waals surface area contributed by atoms with Crippen LogP contribution in [0.5, 0.6) is 5.75 Å². The topological polar surface area (TPSA) is 90.5 Å². The maximum atomic E-state index is 7.78. The molecule has 0 aliphatic heterocycles. The predicted octanol–water partition coefficient (Wildman–Crippen LogP) is 3.53. The Balaban J connectivity index is 0.00000208. The van der Waals surface area contributed by atoms with Gasteiger partial charge in [-0.3, -0.25) is 5.41 Å². The van der Waals surface area contributed by atoms with Crippen molar-refractivity contribution in [3.8, 4) is 5.75 Å². The fourth-order valence-corrected chi connectivity index (χ4v) is 2.38. The molecule has 7 heteroatoms. The lowest BCUT2D eigenvalue weighted by atomic mass is 10.2. The number of rotatable bonds is 4. The van der Waals surface area contributed by atoms with Gasteiger partial charge in [0.1, 0.15) is 11.4 Å². The third-order valence-electron chi connectivity index (χ3n) is 3.48. The van der Waals surface area contributed by atoms with Crippen LogP contribution in [0.25, 0.3) is 10.9 Å². The summed E-state index contributed by atoms with van der Waals surface area (Å²) in [6.45, 7) is 0. The van der Waals surface area contributed by atoms with Gasteiger partial charge in [-0.05, 0) is 18.2 Å². The Kier molecular flexibility index (Phi) is 5.80. The average molecular weight is 435 g/mol. The van der Waals surface area contributed by atoms with Crippen molar-refractivity contribution in [3.63, 3.8) is 0 Å². The Bertz CT molecular complexity index is 874. The van der Waals surface area contributed by atoms with Gasteiger partial charge in [-0.1, -0.05) is 30.3 Å². The van der Waals surface area contributed by atoms with Crippen molar-refractivity contribution < 1.29 is 4.74 Å². The van der Waals surface area contributed by atoms with Crippen molar-refractivity contribution in [1.29, 1.82) is 5.41 Å². The zero-order chi connectivity index (χ0) is 16.2. The van der Waals surface area contributed by atoms with Crippen LogP contribution in [-0.2, 0) is 0 Å². The van der Waals surface area contributed by atoms with Gasteiger partial charge in [0.2, 0.25) is 5.96 Å². The number of halogens is 1. The number of aromatic nitrogens is 1. The number of ether oxygens (including phenoxy) is 1. The number of para-hydroxylation sites is 3. The molecule has 24 heavy (non-hydrogen) atoms. The molecule has 0 bridgehead atoms. The van der Waals surface area contributed by atoms with Crippen LogP contribution in [0.3, 0.4) is 0 Å². The first-order chi connectivity index (χ1) is 11.2. The molecule has 0 saturated carbocycles. The van der Waals surface area contributed by atoms with E-state index in [0.717, 1.165) is 16.5 Å². The first-order valence-corrected chi connectivity index (χ1v) is 7.08. The molecule has 0 unspecified atom stereocenters. The summed E-state index contributed by atoms with van der Waals surface area (Å²) in [5.74, 6) is 0.407. The van der Waals surface area contributed by atoms with E-state index in [-0.39, 0.29) is 29.9 Å².